The molecule has 0 saturated heterocycles. The van der Waals surface area contributed by atoms with Crippen LogP contribution in [0.4, 0.5) is 0 Å². The Morgan fingerprint density at radius 3 is 3.08 bits per heavy atom. The summed E-state index contributed by atoms with van der Waals surface area (Å²) < 4.78 is 7.12. The number of hydrogen-bond acceptors (Lipinski definition) is 3. The molecule has 0 bridgehead atoms. The molecule has 0 aromatic carbocycles. The van der Waals surface area contributed by atoms with Gasteiger partial charge in [0.2, 0.25) is 5.88 Å². The van der Waals surface area contributed by atoms with Crippen LogP contribution in [0.5, 0.6) is 5.88 Å². The fourth-order valence-electron chi connectivity index (χ4n) is 0.870. The number of halogens is 1. The Labute approximate surface area is 76.3 Å². The Balaban J connectivity index is 2.72. The molecule has 0 saturated carbocycles. The summed E-state index contributed by atoms with van der Waals surface area (Å²) in [5, 5.41) is 0.394. The third-order valence-electron chi connectivity index (χ3n) is 1.45. The topological polar surface area (TPSA) is 53.1 Å². The quantitative estimate of drug-likeness (QED) is 0.766. The fourth-order valence-corrected chi connectivity index (χ4v) is 1.08. The first-order chi connectivity index (χ1) is 5.79. The van der Waals surface area contributed by atoms with Crippen molar-refractivity contribution in [2.75, 3.05) is 13.2 Å². The molecule has 1 aromatic rings. The second-order valence-electron chi connectivity index (χ2n) is 2.26. The first-order valence-electron chi connectivity index (χ1n) is 3.83. The van der Waals surface area contributed by atoms with E-state index in [1.807, 2.05) is 11.5 Å². The molecule has 0 amide bonds. The predicted octanol–water partition coefficient (Wildman–Crippen LogP) is 0.894. The van der Waals surface area contributed by atoms with Crippen molar-refractivity contribution >= 4 is 11.6 Å². The molecule has 2 N–H and O–H groups in total. The van der Waals surface area contributed by atoms with E-state index in [0.29, 0.717) is 24.2 Å². The summed E-state index contributed by atoms with van der Waals surface area (Å²) >= 11 is 5.76. The third kappa shape index (κ3) is 1.89. The minimum atomic E-state index is 0.394. The first-order valence-corrected chi connectivity index (χ1v) is 4.20. The normalized spacial score (nSPS) is 10.2. The van der Waals surface area contributed by atoms with Crippen molar-refractivity contribution in [2.45, 2.75) is 13.5 Å². The SMILES string of the molecule is CCn1cnc(Cl)c1OCCN. The van der Waals surface area contributed by atoms with Gasteiger partial charge in [-0.25, -0.2) is 4.98 Å². The molecule has 0 unspecified atom stereocenters. The first kappa shape index (κ1) is 9.35. The highest BCUT2D eigenvalue weighted by Gasteiger charge is 2.07. The molecule has 1 aromatic heterocycles. The highest BCUT2D eigenvalue weighted by atomic mass is 35.5. The lowest BCUT2D eigenvalue weighted by atomic mass is 10.6. The molecule has 1 heterocycles. The zero-order chi connectivity index (χ0) is 8.97. The van der Waals surface area contributed by atoms with Gasteiger partial charge in [0.05, 0.1) is 6.33 Å². The van der Waals surface area contributed by atoms with Crippen LogP contribution in [0.1, 0.15) is 6.92 Å². The molecule has 0 aliphatic heterocycles. The summed E-state index contributed by atoms with van der Waals surface area (Å²) in [4.78, 5) is 3.90. The number of rotatable bonds is 4. The standard InChI is InChI=1S/C7H12ClN3O/c1-2-11-5-10-6(8)7(11)12-4-3-9/h5H,2-4,9H2,1H3. The van der Waals surface area contributed by atoms with Crippen molar-refractivity contribution in [1.29, 1.82) is 0 Å². The largest absolute Gasteiger partial charge is 0.475 e. The third-order valence-corrected chi connectivity index (χ3v) is 1.70. The van der Waals surface area contributed by atoms with E-state index in [-0.39, 0.29) is 0 Å². The van der Waals surface area contributed by atoms with Crippen LogP contribution in [0.15, 0.2) is 6.33 Å². The van der Waals surface area contributed by atoms with Gasteiger partial charge in [0.1, 0.15) is 6.61 Å². The number of aromatic nitrogens is 2. The van der Waals surface area contributed by atoms with Crippen LogP contribution in [0.25, 0.3) is 0 Å². The van der Waals surface area contributed by atoms with Gasteiger partial charge in [0.25, 0.3) is 0 Å². The van der Waals surface area contributed by atoms with Crippen molar-refractivity contribution in [3.8, 4) is 5.88 Å². The molecule has 1 rings (SSSR count). The van der Waals surface area contributed by atoms with Gasteiger partial charge in [-0.1, -0.05) is 11.6 Å². The maximum absolute atomic E-state index is 5.76. The van der Waals surface area contributed by atoms with Crippen molar-refractivity contribution in [3.63, 3.8) is 0 Å². The second-order valence-corrected chi connectivity index (χ2v) is 2.62. The fraction of sp³-hybridized carbons (Fsp3) is 0.571. The number of hydrogen-bond donors (Lipinski definition) is 1. The van der Waals surface area contributed by atoms with Crippen LogP contribution in [-0.2, 0) is 6.54 Å². The van der Waals surface area contributed by atoms with E-state index in [4.69, 9.17) is 22.1 Å². The summed E-state index contributed by atoms with van der Waals surface area (Å²) in [6, 6.07) is 0. The van der Waals surface area contributed by atoms with E-state index in [1.54, 1.807) is 6.33 Å². The summed E-state index contributed by atoms with van der Waals surface area (Å²) in [6.07, 6.45) is 1.65. The predicted molar refractivity (Wildman–Crippen MR) is 47.5 cm³/mol. The van der Waals surface area contributed by atoms with E-state index in [0.717, 1.165) is 6.54 Å². The molecule has 12 heavy (non-hydrogen) atoms. The summed E-state index contributed by atoms with van der Waals surface area (Å²) in [7, 11) is 0. The number of nitrogens with zero attached hydrogens (tertiary/aromatic N) is 2. The Morgan fingerprint density at radius 1 is 1.75 bits per heavy atom. The van der Waals surface area contributed by atoms with Gasteiger partial charge in [0, 0.05) is 13.1 Å². The lowest BCUT2D eigenvalue weighted by Gasteiger charge is -2.06. The molecule has 0 spiro atoms. The number of nitrogens with two attached hydrogens (primary N) is 1. The average molecular weight is 190 g/mol. The van der Waals surface area contributed by atoms with Gasteiger partial charge >= 0.3 is 0 Å². The Hall–Kier alpha value is -0.740. The van der Waals surface area contributed by atoms with Crippen LogP contribution in [0, 0.1) is 0 Å². The number of aryl methyl sites for hydroxylation is 1. The van der Waals surface area contributed by atoms with Crippen LogP contribution in [0.3, 0.4) is 0 Å². The van der Waals surface area contributed by atoms with Crippen molar-refractivity contribution in [1.82, 2.24) is 9.55 Å². The van der Waals surface area contributed by atoms with E-state index in [1.165, 1.54) is 0 Å². The van der Waals surface area contributed by atoms with Crippen LogP contribution >= 0.6 is 11.6 Å². The lowest BCUT2D eigenvalue weighted by Crippen LogP contribution is -2.12. The summed E-state index contributed by atoms with van der Waals surface area (Å²) in [6.45, 7) is 3.73. The monoisotopic (exact) mass is 189 g/mol. The van der Waals surface area contributed by atoms with Gasteiger partial charge in [-0.15, -0.1) is 0 Å². The van der Waals surface area contributed by atoms with E-state index >= 15 is 0 Å². The van der Waals surface area contributed by atoms with Gasteiger partial charge in [-0.3, -0.25) is 0 Å². The van der Waals surface area contributed by atoms with Crippen LogP contribution in [-0.4, -0.2) is 22.7 Å². The molecule has 0 aliphatic rings. The number of ether oxygens (including phenoxy) is 1. The van der Waals surface area contributed by atoms with Crippen molar-refractivity contribution in [2.24, 2.45) is 5.73 Å². The van der Waals surface area contributed by atoms with E-state index in [2.05, 4.69) is 4.98 Å². The zero-order valence-electron chi connectivity index (χ0n) is 6.96. The molecule has 0 fully saturated rings. The molecule has 0 aliphatic carbocycles. The Bertz CT molecular complexity index is 249. The molecule has 5 heteroatoms. The number of imidazole rings is 1. The average Bonchev–Trinajstić information content (AvgIpc) is 2.43. The maximum atomic E-state index is 5.76. The second kappa shape index (κ2) is 4.33. The molecule has 68 valence electrons. The molecule has 4 nitrogen and oxygen atoms in total. The van der Waals surface area contributed by atoms with Gasteiger partial charge in [0.15, 0.2) is 5.15 Å². The Morgan fingerprint density at radius 2 is 2.50 bits per heavy atom. The zero-order valence-corrected chi connectivity index (χ0v) is 7.71. The summed E-state index contributed by atoms with van der Waals surface area (Å²) in [5.41, 5.74) is 5.29. The van der Waals surface area contributed by atoms with Gasteiger partial charge in [-0.2, -0.15) is 0 Å². The van der Waals surface area contributed by atoms with E-state index in [9.17, 15) is 0 Å². The molecular formula is C7H12ClN3O. The van der Waals surface area contributed by atoms with Gasteiger partial charge < -0.3 is 15.0 Å². The van der Waals surface area contributed by atoms with Crippen molar-refractivity contribution in [3.05, 3.63) is 11.5 Å². The van der Waals surface area contributed by atoms with Crippen LogP contribution < -0.4 is 10.5 Å². The van der Waals surface area contributed by atoms with Crippen molar-refractivity contribution < 1.29 is 4.74 Å². The van der Waals surface area contributed by atoms with Crippen LogP contribution in [0.2, 0.25) is 5.15 Å². The minimum Gasteiger partial charge on any atom is -0.475 e. The molecular weight excluding hydrogens is 178 g/mol. The minimum absolute atomic E-state index is 0.394. The smallest absolute Gasteiger partial charge is 0.233 e. The molecule has 0 atom stereocenters. The van der Waals surface area contributed by atoms with E-state index < -0.39 is 0 Å². The highest BCUT2D eigenvalue weighted by Crippen LogP contribution is 2.21. The molecule has 0 radical (unpaired) electrons. The lowest BCUT2D eigenvalue weighted by molar-refractivity contribution is 0.301. The maximum Gasteiger partial charge on any atom is 0.233 e. The highest BCUT2D eigenvalue weighted by molar-refractivity contribution is 6.30. The Kier molecular flexibility index (Phi) is 3.37. The summed E-state index contributed by atoms with van der Waals surface area (Å²) in [5.74, 6) is 0.601. The van der Waals surface area contributed by atoms with Gasteiger partial charge in [-0.05, 0) is 6.92 Å².